The van der Waals surface area contributed by atoms with Gasteiger partial charge in [-0.3, -0.25) is 0 Å². The number of nitrogens with one attached hydrogen (secondary N) is 1. The number of carboxylic acids is 1. The predicted octanol–water partition coefficient (Wildman–Crippen LogP) is 3.38. The molecule has 0 saturated heterocycles. The molecule has 3 nitrogen and oxygen atoms in total. The number of fused-ring (bicyclic) bond motifs is 1. The van der Waals surface area contributed by atoms with E-state index in [9.17, 15) is 4.79 Å². The lowest BCUT2D eigenvalue weighted by Gasteiger charge is -2.04. The molecule has 0 unspecified atom stereocenters. The van der Waals surface area contributed by atoms with Gasteiger partial charge in [-0.15, -0.1) is 0 Å². The van der Waals surface area contributed by atoms with E-state index in [0.29, 0.717) is 5.56 Å². The summed E-state index contributed by atoms with van der Waals surface area (Å²) in [6.45, 7) is 4.17. The first kappa shape index (κ1) is 11.7. The van der Waals surface area contributed by atoms with Gasteiger partial charge in [0.15, 0.2) is 0 Å². The van der Waals surface area contributed by atoms with Crippen molar-refractivity contribution < 1.29 is 9.90 Å². The number of rotatable bonds is 4. The van der Waals surface area contributed by atoms with Gasteiger partial charge in [-0.05, 0) is 36.1 Å². The predicted molar refractivity (Wildman–Crippen MR) is 68.6 cm³/mol. The normalized spacial score (nSPS) is 10.9. The minimum atomic E-state index is -0.856. The van der Waals surface area contributed by atoms with Crippen molar-refractivity contribution in [1.82, 2.24) is 4.98 Å². The van der Waals surface area contributed by atoms with Gasteiger partial charge in [0.1, 0.15) is 0 Å². The topological polar surface area (TPSA) is 53.1 Å². The fourth-order valence-electron chi connectivity index (χ4n) is 2.24. The fourth-order valence-corrected chi connectivity index (χ4v) is 2.24. The number of aryl methyl sites for hydroxylation is 2. The van der Waals surface area contributed by atoms with E-state index in [-0.39, 0.29) is 0 Å². The Balaban J connectivity index is 2.67. The molecule has 0 atom stereocenters. The standard InChI is InChI=1S/C14H17NO2/c1-3-5-10-8-15-13-9(4-2)6-11(14(16)17)7-12(10)13/h6-8,15H,3-5H2,1-2H3,(H,16,17). The van der Waals surface area contributed by atoms with Crippen molar-refractivity contribution in [3.05, 3.63) is 35.0 Å². The van der Waals surface area contributed by atoms with Crippen LogP contribution in [0.15, 0.2) is 18.3 Å². The first-order chi connectivity index (χ1) is 8.17. The van der Waals surface area contributed by atoms with E-state index in [4.69, 9.17) is 5.11 Å². The monoisotopic (exact) mass is 231 g/mol. The Hall–Kier alpha value is -1.77. The van der Waals surface area contributed by atoms with Crippen LogP contribution in [0.5, 0.6) is 0 Å². The third-order valence-electron chi connectivity index (χ3n) is 3.10. The second-order valence-corrected chi connectivity index (χ2v) is 4.28. The van der Waals surface area contributed by atoms with Gasteiger partial charge in [-0.25, -0.2) is 4.79 Å². The van der Waals surface area contributed by atoms with Crippen LogP contribution in [0.1, 0.15) is 41.8 Å². The van der Waals surface area contributed by atoms with Crippen molar-refractivity contribution in [3.8, 4) is 0 Å². The Kier molecular flexibility index (Phi) is 3.18. The summed E-state index contributed by atoms with van der Waals surface area (Å²) in [4.78, 5) is 14.4. The summed E-state index contributed by atoms with van der Waals surface area (Å²) in [7, 11) is 0. The van der Waals surface area contributed by atoms with Crippen molar-refractivity contribution in [2.45, 2.75) is 33.1 Å². The van der Waals surface area contributed by atoms with Crippen molar-refractivity contribution in [1.29, 1.82) is 0 Å². The van der Waals surface area contributed by atoms with Crippen molar-refractivity contribution in [2.75, 3.05) is 0 Å². The molecule has 0 radical (unpaired) electrons. The average Bonchev–Trinajstić information content (AvgIpc) is 2.72. The largest absolute Gasteiger partial charge is 0.478 e. The average molecular weight is 231 g/mol. The third kappa shape index (κ3) is 2.05. The lowest BCUT2D eigenvalue weighted by atomic mass is 10.0. The molecule has 0 saturated carbocycles. The van der Waals surface area contributed by atoms with Crippen LogP contribution in [0.25, 0.3) is 10.9 Å². The zero-order valence-electron chi connectivity index (χ0n) is 10.2. The van der Waals surface area contributed by atoms with Crippen LogP contribution < -0.4 is 0 Å². The highest BCUT2D eigenvalue weighted by molar-refractivity contribution is 5.96. The molecular weight excluding hydrogens is 214 g/mol. The summed E-state index contributed by atoms with van der Waals surface area (Å²) in [5.41, 5.74) is 3.75. The Morgan fingerprint density at radius 3 is 2.65 bits per heavy atom. The molecule has 3 heteroatoms. The highest BCUT2D eigenvalue weighted by Gasteiger charge is 2.11. The van der Waals surface area contributed by atoms with E-state index in [1.165, 1.54) is 5.56 Å². The van der Waals surface area contributed by atoms with Crippen LogP contribution in [0.4, 0.5) is 0 Å². The molecule has 0 fully saturated rings. The lowest BCUT2D eigenvalue weighted by molar-refractivity contribution is 0.0697. The van der Waals surface area contributed by atoms with Crippen LogP contribution in [0, 0.1) is 0 Å². The fraction of sp³-hybridized carbons (Fsp3) is 0.357. The van der Waals surface area contributed by atoms with E-state index in [1.807, 2.05) is 13.1 Å². The maximum absolute atomic E-state index is 11.1. The van der Waals surface area contributed by atoms with Crippen LogP contribution >= 0.6 is 0 Å². The Labute approximate surface area is 100 Å². The third-order valence-corrected chi connectivity index (χ3v) is 3.10. The number of carbonyl (C=O) groups is 1. The molecule has 0 amide bonds. The number of aromatic amines is 1. The van der Waals surface area contributed by atoms with Crippen molar-refractivity contribution in [2.24, 2.45) is 0 Å². The molecule has 90 valence electrons. The number of carboxylic acid groups (broad SMARTS) is 1. The van der Waals surface area contributed by atoms with Gasteiger partial charge < -0.3 is 10.1 Å². The molecule has 0 bridgehead atoms. The van der Waals surface area contributed by atoms with E-state index >= 15 is 0 Å². The van der Waals surface area contributed by atoms with E-state index < -0.39 is 5.97 Å². The molecule has 2 aromatic rings. The molecule has 0 aliphatic rings. The highest BCUT2D eigenvalue weighted by Crippen LogP contribution is 2.25. The zero-order valence-corrected chi connectivity index (χ0v) is 10.2. The van der Waals surface area contributed by atoms with Crippen LogP contribution in [0.2, 0.25) is 0 Å². The quantitative estimate of drug-likeness (QED) is 0.847. The molecule has 17 heavy (non-hydrogen) atoms. The number of hydrogen-bond acceptors (Lipinski definition) is 1. The van der Waals surface area contributed by atoms with Crippen LogP contribution in [0.3, 0.4) is 0 Å². The van der Waals surface area contributed by atoms with Gasteiger partial charge in [0.25, 0.3) is 0 Å². The van der Waals surface area contributed by atoms with E-state index in [2.05, 4.69) is 11.9 Å². The molecule has 0 aliphatic heterocycles. The van der Waals surface area contributed by atoms with Gasteiger partial charge in [-0.1, -0.05) is 20.3 Å². The molecule has 0 aliphatic carbocycles. The number of H-pyrrole nitrogens is 1. The smallest absolute Gasteiger partial charge is 0.335 e. The Bertz CT molecular complexity index is 555. The lowest BCUT2D eigenvalue weighted by Crippen LogP contribution is -1.98. The molecule has 2 N–H and O–H groups in total. The molecule has 1 heterocycles. The summed E-state index contributed by atoms with van der Waals surface area (Å²) in [6, 6.07) is 3.54. The second-order valence-electron chi connectivity index (χ2n) is 4.28. The number of benzene rings is 1. The summed E-state index contributed by atoms with van der Waals surface area (Å²) in [6.07, 6.45) is 4.88. The van der Waals surface area contributed by atoms with Gasteiger partial charge in [0.05, 0.1) is 5.56 Å². The highest BCUT2D eigenvalue weighted by atomic mass is 16.4. The van der Waals surface area contributed by atoms with Gasteiger partial charge in [0.2, 0.25) is 0 Å². The second kappa shape index (κ2) is 4.62. The number of hydrogen-bond donors (Lipinski definition) is 2. The maximum Gasteiger partial charge on any atom is 0.335 e. The summed E-state index contributed by atoms with van der Waals surface area (Å²) in [5.74, 6) is -0.856. The van der Waals surface area contributed by atoms with Crippen molar-refractivity contribution >= 4 is 16.9 Å². The van der Waals surface area contributed by atoms with Gasteiger partial charge >= 0.3 is 5.97 Å². The van der Waals surface area contributed by atoms with E-state index in [1.54, 1.807) is 12.1 Å². The molecule has 1 aromatic heterocycles. The summed E-state index contributed by atoms with van der Waals surface area (Å²) < 4.78 is 0. The minimum Gasteiger partial charge on any atom is -0.478 e. The van der Waals surface area contributed by atoms with Crippen molar-refractivity contribution in [3.63, 3.8) is 0 Å². The molecule has 0 spiro atoms. The first-order valence-corrected chi connectivity index (χ1v) is 6.03. The molecule has 1 aromatic carbocycles. The molecular formula is C14H17NO2. The molecule has 2 rings (SSSR count). The van der Waals surface area contributed by atoms with Gasteiger partial charge in [0, 0.05) is 17.1 Å². The minimum absolute atomic E-state index is 0.381. The Morgan fingerprint density at radius 2 is 2.06 bits per heavy atom. The van der Waals surface area contributed by atoms with E-state index in [0.717, 1.165) is 35.7 Å². The first-order valence-electron chi connectivity index (χ1n) is 6.03. The summed E-state index contributed by atoms with van der Waals surface area (Å²) in [5, 5.41) is 10.2. The number of aromatic nitrogens is 1. The SMILES string of the molecule is CCCc1c[nH]c2c(CC)cc(C(=O)O)cc12. The van der Waals surface area contributed by atoms with Crippen LogP contribution in [-0.4, -0.2) is 16.1 Å². The number of aromatic carboxylic acids is 1. The summed E-state index contributed by atoms with van der Waals surface area (Å²) >= 11 is 0. The van der Waals surface area contributed by atoms with Crippen LogP contribution in [-0.2, 0) is 12.8 Å². The van der Waals surface area contributed by atoms with Gasteiger partial charge in [-0.2, -0.15) is 0 Å². The Morgan fingerprint density at radius 1 is 1.29 bits per heavy atom. The zero-order chi connectivity index (χ0) is 12.4. The maximum atomic E-state index is 11.1.